The number of sulfonamides is 1. The van der Waals surface area contributed by atoms with E-state index in [1.165, 1.54) is 24.5 Å². The van der Waals surface area contributed by atoms with Gasteiger partial charge in [0.05, 0.1) is 16.0 Å². The van der Waals surface area contributed by atoms with E-state index in [1.54, 1.807) is 12.1 Å². The zero-order valence-corrected chi connectivity index (χ0v) is 21.8. The molecule has 200 valence electrons. The van der Waals surface area contributed by atoms with E-state index in [9.17, 15) is 26.9 Å². The second-order valence-corrected chi connectivity index (χ2v) is 11.2. The number of nitrogens with one attached hydrogen (secondary N) is 1. The normalized spacial score (nSPS) is 13.9. The largest absolute Gasteiger partial charge is 0.455 e. The number of halogens is 3. The van der Waals surface area contributed by atoms with Gasteiger partial charge in [0, 0.05) is 23.6 Å². The number of likely N-dealkylation sites (tertiary alicyclic amines) is 1. The molecule has 3 aromatic carbocycles. The standard InChI is InChI=1S/C26H20F3N5O3S2/c27-26(28,29)20-5-7-24(22(13-20)18-4-1-3-17(11-18)15-34-9-2-10-34)37-23-8-6-21(12-19(23)14-30)39(35,36)33-25-31-16-32-38-25/h1,3-8,11-13,16H,2,9-10,15H2,(H,31,32,33). The van der Waals surface area contributed by atoms with Crippen molar-refractivity contribution in [3.63, 3.8) is 0 Å². The van der Waals surface area contributed by atoms with Gasteiger partial charge in [0.25, 0.3) is 10.0 Å². The van der Waals surface area contributed by atoms with Crippen molar-refractivity contribution in [3.05, 3.63) is 83.7 Å². The summed E-state index contributed by atoms with van der Waals surface area (Å²) in [6, 6.07) is 15.9. The third-order valence-electron chi connectivity index (χ3n) is 6.08. The molecule has 0 aliphatic carbocycles. The highest BCUT2D eigenvalue weighted by atomic mass is 32.2. The van der Waals surface area contributed by atoms with Crippen molar-refractivity contribution in [1.29, 1.82) is 5.26 Å². The first kappa shape index (κ1) is 26.6. The van der Waals surface area contributed by atoms with Crippen molar-refractivity contribution in [3.8, 4) is 28.7 Å². The van der Waals surface area contributed by atoms with Crippen LogP contribution in [0.2, 0.25) is 0 Å². The minimum absolute atomic E-state index is 0.00916. The summed E-state index contributed by atoms with van der Waals surface area (Å²) in [5, 5.41) is 9.77. The van der Waals surface area contributed by atoms with Gasteiger partial charge in [0.1, 0.15) is 23.9 Å². The summed E-state index contributed by atoms with van der Waals surface area (Å²) in [5.74, 6) is 0.0771. The van der Waals surface area contributed by atoms with E-state index in [4.69, 9.17) is 4.74 Å². The molecule has 8 nitrogen and oxygen atoms in total. The number of benzene rings is 3. The first-order valence-electron chi connectivity index (χ1n) is 11.7. The molecular formula is C26H20F3N5O3S2. The van der Waals surface area contributed by atoms with Crippen LogP contribution in [0.4, 0.5) is 18.3 Å². The first-order chi connectivity index (χ1) is 18.6. The molecule has 0 radical (unpaired) electrons. The Morgan fingerprint density at radius 3 is 2.54 bits per heavy atom. The Bertz CT molecular complexity index is 1650. The Hall–Kier alpha value is -3.99. The molecule has 1 fully saturated rings. The van der Waals surface area contributed by atoms with Gasteiger partial charge in [-0.25, -0.2) is 13.4 Å². The second kappa shape index (κ2) is 10.6. The van der Waals surface area contributed by atoms with Gasteiger partial charge in [0.15, 0.2) is 0 Å². The molecule has 4 aromatic rings. The Labute approximate surface area is 226 Å². The topological polar surface area (TPSA) is 108 Å². The monoisotopic (exact) mass is 571 g/mol. The summed E-state index contributed by atoms with van der Waals surface area (Å²) in [6.07, 6.45) is -2.26. The number of hydrogen-bond donors (Lipinski definition) is 1. The molecule has 0 saturated carbocycles. The Morgan fingerprint density at radius 2 is 1.87 bits per heavy atom. The van der Waals surface area contributed by atoms with Gasteiger partial charge in [0.2, 0.25) is 5.13 Å². The van der Waals surface area contributed by atoms with Gasteiger partial charge in [-0.3, -0.25) is 9.62 Å². The highest BCUT2D eigenvalue weighted by Crippen LogP contribution is 2.40. The molecule has 39 heavy (non-hydrogen) atoms. The van der Waals surface area contributed by atoms with E-state index in [1.807, 2.05) is 18.2 Å². The van der Waals surface area contributed by atoms with E-state index >= 15 is 0 Å². The fraction of sp³-hybridized carbons (Fsp3) is 0.192. The van der Waals surface area contributed by atoms with Crippen LogP contribution in [0.25, 0.3) is 11.1 Å². The predicted octanol–water partition coefficient (Wildman–Crippen LogP) is 5.89. The van der Waals surface area contributed by atoms with Crippen LogP contribution in [0.5, 0.6) is 11.5 Å². The van der Waals surface area contributed by atoms with E-state index in [0.717, 1.165) is 54.8 Å². The average Bonchev–Trinajstić information content (AvgIpc) is 3.38. The summed E-state index contributed by atoms with van der Waals surface area (Å²) in [5.41, 5.74) is 0.697. The van der Waals surface area contributed by atoms with Crippen LogP contribution in [-0.4, -0.2) is 35.8 Å². The van der Waals surface area contributed by atoms with E-state index in [-0.39, 0.29) is 32.7 Å². The highest BCUT2D eigenvalue weighted by molar-refractivity contribution is 7.93. The summed E-state index contributed by atoms with van der Waals surface area (Å²) < 4.78 is 78.2. The zero-order valence-electron chi connectivity index (χ0n) is 20.1. The van der Waals surface area contributed by atoms with Crippen LogP contribution in [0, 0.1) is 11.3 Å². The van der Waals surface area contributed by atoms with Crippen molar-refractivity contribution in [2.24, 2.45) is 0 Å². The number of nitrogens with zero attached hydrogens (tertiary/aromatic N) is 4. The van der Waals surface area contributed by atoms with Crippen molar-refractivity contribution >= 4 is 26.7 Å². The molecular weight excluding hydrogens is 551 g/mol. The fourth-order valence-electron chi connectivity index (χ4n) is 4.02. The van der Waals surface area contributed by atoms with Gasteiger partial charge >= 0.3 is 6.18 Å². The van der Waals surface area contributed by atoms with E-state index in [2.05, 4.69) is 19.0 Å². The number of rotatable bonds is 8. The lowest BCUT2D eigenvalue weighted by Gasteiger charge is -2.30. The van der Waals surface area contributed by atoms with Gasteiger partial charge < -0.3 is 4.74 Å². The van der Waals surface area contributed by atoms with Gasteiger partial charge in [-0.15, -0.1) is 0 Å². The zero-order chi connectivity index (χ0) is 27.6. The van der Waals surface area contributed by atoms with Crippen molar-refractivity contribution in [2.45, 2.75) is 24.0 Å². The quantitative estimate of drug-likeness (QED) is 0.281. The molecule has 0 amide bonds. The van der Waals surface area contributed by atoms with E-state index in [0.29, 0.717) is 12.1 Å². The molecule has 0 spiro atoms. The minimum atomic E-state index is -4.57. The third kappa shape index (κ3) is 6.03. The molecule has 2 heterocycles. The molecule has 1 aliphatic heterocycles. The SMILES string of the molecule is N#Cc1cc(S(=O)(=O)Nc2ncns2)ccc1Oc1ccc(C(F)(F)F)cc1-c1cccc(CN2CCC2)c1. The molecule has 0 unspecified atom stereocenters. The summed E-state index contributed by atoms with van der Waals surface area (Å²) in [4.78, 5) is 5.80. The van der Waals surface area contributed by atoms with Gasteiger partial charge in [-0.2, -0.15) is 22.8 Å². The lowest BCUT2D eigenvalue weighted by Crippen LogP contribution is -2.36. The minimum Gasteiger partial charge on any atom is -0.455 e. The number of nitriles is 1. The van der Waals surface area contributed by atoms with Gasteiger partial charge in [-0.05, 0) is 73.1 Å². The summed E-state index contributed by atoms with van der Waals surface area (Å²) in [7, 11) is -4.07. The number of aromatic nitrogens is 2. The lowest BCUT2D eigenvalue weighted by atomic mass is 9.99. The summed E-state index contributed by atoms with van der Waals surface area (Å²) >= 11 is 0.846. The molecule has 1 aromatic heterocycles. The number of ether oxygens (including phenoxy) is 1. The van der Waals surface area contributed by atoms with Crippen LogP contribution in [-0.2, 0) is 22.7 Å². The number of hydrogen-bond acceptors (Lipinski definition) is 8. The number of anilines is 1. The maximum absolute atomic E-state index is 13.6. The Balaban J connectivity index is 1.50. The van der Waals surface area contributed by atoms with Crippen molar-refractivity contribution in [2.75, 3.05) is 17.8 Å². The summed E-state index contributed by atoms with van der Waals surface area (Å²) in [6.45, 7) is 2.63. The molecule has 13 heteroatoms. The van der Waals surface area contributed by atoms with Crippen molar-refractivity contribution < 1.29 is 26.3 Å². The molecule has 0 atom stereocenters. The fourth-order valence-corrected chi connectivity index (χ4v) is 5.71. The Morgan fingerprint density at radius 1 is 1.08 bits per heavy atom. The molecule has 0 bridgehead atoms. The highest BCUT2D eigenvalue weighted by Gasteiger charge is 2.31. The lowest BCUT2D eigenvalue weighted by molar-refractivity contribution is -0.137. The molecule has 1 N–H and O–H groups in total. The first-order valence-corrected chi connectivity index (χ1v) is 13.9. The van der Waals surface area contributed by atoms with Crippen LogP contribution in [0.3, 0.4) is 0 Å². The smallest absolute Gasteiger partial charge is 0.416 e. The van der Waals surface area contributed by atoms with Gasteiger partial charge in [-0.1, -0.05) is 18.2 Å². The van der Waals surface area contributed by atoms with Crippen LogP contribution >= 0.6 is 11.5 Å². The Kier molecular flexibility index (Phi) is 7.26. The maximum Gasteiger partial charge on any atom is 0.416 e. The van der Waals surface area contributed by atoms with Crippen molar-refractivity contribution in [1.82, 2.24) is 14.3 Å². The van der Waals surface area contributed by atoms with Crippen LogP contribution in [0.15, 0.2) is 71.9 Å². The van der Waals surface area contributed by atoms with E-state index < -0.39 is 21.8 Å². The maximum atomic E-state index is 13.6. The average molecular weight is 572 g/mol. The van der Waals surface area contributed by atoms with Crippen LogP contribution < -0.4 is 9.46 Å². The number of alkyl halides is 3. The molecule has 1 aliphatic rings. The third-order valence-corrected chi connectivity index (χ3v) is 8.13. The predicted molar refractivity (Wildman–Crippen MR) is 139 cm³/mol. The molecule has 5 rings (SSSR count). The molecule has 1 saturated heterocycles. The second-order valence-electron chi connectivity index (χ2n) is 8.76. The van der Waals surface area contributed by atoms with Crippen LogP contribution in [0.1, 0.15) is 23.1 Å².